The topological polar surface area (TPSA) is 102 Å². The molecule has 1 atom stereocenters. The van der Waals surface area contributed by atoms with Crippen LogP contribution in [0.1, 0.15) is 26.3 Å². The van der Waals surface area contributed by atoms with Gasteiger partial charge in [0.05, 0.1) is 12.8 Å². The summed E-state index contributed by atoms with van der Waals surface area (Å²) in [5.74, 6) is -0.0831. The van der Waals surface area contributed by atoms with E-state index in [0.717, 1.165) is 11.1 Å². The van der Waals surface area contributed by atoms with Crippen LogP contribution in [0, 0.1) is 0 Å². The first-order chi connectivity index (χ1) is 15.7. The van der Waals surface area contributed by atoms with Gasteiger partial charge in [0, 0.05) is 23.9 Å². The Morgan fingerprint density at radius 2 is 1.70 bits per heavy atom. The van der Waals surface area contributed by atoms with Crippen molar-refractivity contribution in [2.45, 2.75) is 38.8 Å². The number of rotatable bonds is 7. The molecule has 33 heavy (non-hydrogen) atoms. The average molecular weight is 449 g/mol. The lowest BCUT2D eigenvalue weighted by molar-refractivity contribution is -0.141. The number of nitrogens with one attached hydrogen (secondary N) is 2. The Morgan fingerprint density at radius 1 is 1.00 bits per heavy atom. The summed E-state index contributed by atoms with van der Waals surface area (Å²) in [5.41, 5.74) is 2.52. The van der Waals surface area contributed by atoms with Crippen LogP contribution in [-0.2, 0) is 20.7 Å². The Kier molecular flexibility index (Phi) is 7.61. The molecule has 0 spiro atoms. The molecule has 0 aliphatic carbocycles. The molecule has 0 aliphatic heterocycles. The highest BCUT2D eigenvalue weighted by atomic mass is 16.6. The number of nitrogens with zero attached hydrogens (tertiary/aromatic N) is 2. The van der Waals surface area contributed by atoms with Crippen molar-refractivity contribution in [1.82, 2.24) is 9.97 Å². The lowest BCUT2D eigenvalue weighted by atomic mass is 10.1. The summed E-state index contributed by atoms with van der Waals surface area (Å²) in [6.45, 7) is 5.42. The van der Waals surface area contributed by atoms with Crippen LogP contribution >= 0.6 is 0 Å². The van der Waals surface area contributed by atoms with E-state index in [-0.39, 0.29) is 0 Å². The van der Waals surface area contributed by atoms with Crippen LogP contribution in [0.15, 0.2) is 66.9 Å². The SMILES string of the molecule is COC(=O)[C@H](Cc1ccccc1)Nc1nccc(-c2ccc(NC(=O)OC(C)(C)C)cc2)n1. The van der Waals surface area contributed by atoms with Crippen LogP contribution in [0.3, 0.4) is 0 Å². The Morgan fingerprint density at radius 3 is 2.33 bits per heavy atom. The molecule has 0 aliphatic rings. The quantitative estimate of drug-likeness (QED) is 0.506. The van der Waals surface area contributed by atoms with Crippen LogP contribution in [0.25, 0.3) is 11.3 Å². The van der Waals surface area contributed by atoms with Crippen molar-refractivity contribution in [2.75, 3.05) is 17.7 Å². The minimum Gasteiger partial charge on any atom is -0.467 e. The van der Waals surface area contributed by atoms with Crippen molar-refractivity contribution < 1.29 is 19.1 Å². The number of ether oxygens (including phenoxy) is 2. The summed E-state index contributed by atoms with van der Waals surface area (Å²) in [7, 11) is 1.35. The van der Waals surface area contributed by atoms with Crippen molar-refractivity contribution in [3.8, 4) is 11.3 Å². The van der Waals surface area contributed by atoms with E-state index in [0.29, 0.717) is 23.8 Å². The van der Waals surface area contributed by atoms with E-state index in [2.05, 4.69) is 20.6 Å². The minimum absolute atomic E-state index is 0.315. The van der Waals surface area contributed by atoms with Gasteiger partial charge in [-0.05, 0) is 44.5 Å². The zero-order valence-corrected chi connectivity index (χ0v) is 19.2. The van der Waals surface area contributed by atoms with E-state index in [1.165, 1.54) is 7.11 Å². The highest BCUT2D eigenvalue weighted by Crippen LogP contribution is 2.21. The van der Waals surface area contributed by atoms with Gasteiger partial charge in [-0.2, -0.15) is 0 Å². The van der Waals surface area contributed by atoms with Crippen LogP contribution < -0.4 is 10.6 Å². The van der Waals surface area contributed by atoms with Crippen LogP contribution in [0.2, 0.25) is 0 Å². The van der Waals surface area contributed by atoms with Gasteiger partial charge in [-0.15, -0.1) is 0 Å². The number of amides is 1. The molecule has 0 unspecified atom stereocenters. The molecular formula is C25H28N4O4. The predicted octanol–water partition coefficient (Wildman–Crippen LogP) is 4.69. The van der Waals surface area contributed by atoms with E-state index in [4.69, 9.17) is 9.47 Å². The maximum absolute atomic E-state index is 12.3. The highest BCUT2D eigenvalue weighted by molar-refractivity contribution is 5.85. The van der Waals surface area contributed by atoms with Gasteiger partial charge in [0.15, 0.2) is 0 Å². The van der Waals surface area contributed by atoms with E-state index >= 15 is 0 Å². The minimum atomic E-state index is -0.631. The van der Waals surface area contributed by atoms with Gasteiger partial charge >= 0.3 is 12.1 Å². The van der Waals surface area contributed by atoms with Crippen LogP contribution in [-0.4, -0.2) is 40.8 Å². The fraction of sp³-hybridized carbons (Fsp3) is 0.280. The predicted molar refractivity (Wildman–Crippen MR) is 127 cm³/mol. The highest BCUT2D eigenvalue weighted by Gasteiger charge is 2.21. The molecule has 8 nitrogen and oxygen atoms in total. The third-order valence-corrected chi connectivity index (χ3v) is 4.55. The van der Waals surface area contributed by atoms with Crippen LogP contribution in [0.5, 0.6) is 0 Å². The molecule has 8 heteroatoms. The Hall–Kier alpha value is -3.94. The summed E-state index contributed by atoms with van der Waals surface area (Å²) in [5, 5.41) is 5.78. The van der Waals surface area contributed by atoms with Crippen molar-refractivity contribution >= 4 is 23.7 Å². The first kappa shape index (κ1) is 23.7. The first-order valence-corrected chi connectivity index (χ1v) is 10.6. The summed E-state index contributed by atoms with van der Waals surface area (Å²) in [6, 6.07) is 18.0. The number of benzene rings is 2. The molecule has 0 radical (unpaired) electrons. The first-order valence-electron chi connectivity index (χ1n) is 10.6. The molecule has 0 saturated heterocycles. The number of esters is 1. The van der Waals surface area contributed by atoms with Crippen molar-refractivity contribution in [3.63, 3.8) is 0 Å². The van der Waals surface area contributed by atoms with E-state index < -0.39 is 23.7 Å². The third-order valence-electron chi connectivity index (χ3n) is 4.55. The second kappa shape index (κ2) is 10.6. The van der Waals surface area contributed by atoms with Gasteiger partial charge in [-0.25, -0.2) is 19.6 Å². The number of methoxy groups -OCH3 is 1. The third kappa shape index (κ3) is 7.31. The molecular weight excluding hydrogens is 420 g/mol. The summed E-state index contributed by atoms with van der Waals surface area (Å²) in [6.07, 6.45) is 1.54. The maximum atomic E-state index is 12.3. The molecule has 1 amide bonds. The van der Waals surface area contributed by atoms with E-state index in [1.54, 1.807) is 45.2 Å². The smallest absolute Gasteiger partial charge is 0.412 e. The fourth-order valence-electron chi connectivity index (χ4n) is 3.08. The van der Waals surface area contributed by atoms with Gasteiger partial charge in [0.2, 0.25) is 5.95 Å². The molecule has 2 N–H and O–H groups in total. The lowest BCUT2D eigenvalue weighted by Gasteiger charge is -2.19. The van der Waals surface area contributed by atoms with E-state index in [9.17, 15) is 9.59 Å². The second-order valence-electron chi connectivity index (χ2n) is 8.38. The molecule has 0 fully saturated rings. The van der Waals surface area contributed by atoms with Gasteiger partial charge < -0.3 is 14.8 Å². The molecule has 0 saturated carbocycles. The van der Waals surface area contributed by atoms with Crippen molar-refractivity contribution in [2.24, 2.45) is 0 Å². The van der Waals surface area contributed by atoms with Gasteiger partial charge in [0.1, 0.15) is 11.6 Å². The zero-order chi connectivity index (χ0) is 23.8. The van der Waals surface area contributed by atoms with E-state index in [1.807, 2.05) is 42.5 Å². The number of carbonyl (C=O) groups excluding carboxylic acids is 2. The standard InChI is InChI=1S/C25H28N4O4/c1-25(2,3)33-24(31)27-19-12-10-18(11-13-19)20-14-15-26-23(28-20)29-21(22(30)32-4)16-17-8-6-5-7-9-17/h5-15,21H,16H2,1-4H3,(H,27,31)(H,26,28,29)/t21-/m0/s1. The molecule has 172 valence electrons. The number of anilines is 2. The molecule has 1 aromatic heterocycles. The normalized spacial score (nSPS) is 11.9. The Labute approximate surface area is 193 Å². The molecule has 0 bridgehead atoms. The Bertz CT molecular complexity index is 1080. The van der Waals surface area contributed by atoms with Gasteiger partial charge in [-0.1, -0.05) is 42.5 Å². The molecule has 3 rings (SSSR count). The number of aromatic nitrogens is 2. The van der Waals surface area contributed by atoms with Crippen LogP contribution in [0.4, 0.5) is 16.4 Å². The molecule has 2 aromatic carbocycles. The summed E-state index contributed by atoms with van der Waals surface area (Å²) >= 11 is 0. The van der Waals surface area contributed by atoms with Crippen molar-refractivity contribution in [1.29, 1.82) is 0 Å². The summed E-state index contributed by atoms with van der Waals surface area (Å²) < 4.78 is 10.2. The molecule has 1 heterocycles. The average Bonchev–Trinajstić information content (AvgIpc) is 2.78. The van der Waals surface area contributed by atoms with Gasteiger partial charge in [0.25, 0.3) is 0 Å². The maximum Gasteiger partial charge on any atom is 0.412 e. The fourth-order valence-corrected chi connectivity index (χ4v) is 3.08. The van der Waals surface area contributed by atoms with Gasteiger partial charge in [-0.3, -0.25) is 5.32 Å². The zero-order valence-electron chi connectivity index (χ0n) is 19.2. The Balaban J connectivity index is 1.71. The lowest BCUT2D eigenvalue weighted by Crippen LogP contribution is -2.33. The summed E-state index contributed by atoms with van der Waals surface area (Å²) in [4.78, 5) is 33.0. The number of hydrogen-bond acceptors (Lipinski definition) is 7. The number of carbonyl (C=O) groups is 2. The largest absolute Gasteiger partial charge is 0.467 e. The monoisotopic (exact) mass is 448 g/mol. The second-order valence-corrected chi connectivity index (χ2v) is 8.38. The molecule has 3 aromatic rings. The van der Waals surface area contributed by atoms with Crippen molar-refractivity contribution in [3.05, 3.63) is 72.4 Å². The number of hydrogen-bond donors (Lipinski definition) is 2.